The lowest BCUT2D eigenvalue weighted by Crippen LogP contribution is -2.61. The average Bonchev–Trinajstić information content (AvgIpc) is 2.96. The Kier molecular flexibility index (Phi) is 3.76. The van der Waals surface area contributed by atoms with E-state index >= 15 is 0 Å². The molecule has 0 saturated carbocycles. The summed E-state index contributed by atoms with van der Waals surface area (Å²) >= 11 is 0. The Morgan fingerprint density at radius 2 is 2.40 bits per heavy atom. The van der Waals surface area contributed by atoms with E-state index in [0.717, 1.165) is 39.0 Å². The van der Waals surface area contributed by atoms with Crippen molar-refractivity contribution in [1.82, 2.24) is 19.8 Å². The molecule has 0 radical (unpaired) electrons. The van der Waals surface area contributed by atoms with Gasteiger partial charge in [-0.15, -0.1) is 0 Å². The highest BCUT2D eigenvalue weighted by Gasteiger charge is 2.49. The van der Waals surface area contributed by atoms with Crippen LogP contribution in [0.2, 0.25) is 0 Å². The van der Waals surface area contributed by atoms with Crippen LogP contribution in [0.1, 0.15) is 19.3 Å². The predicted molar refractivity (Wildman–Crippen MR) is 74.0 cm³/mol. The van der Waals surface area contributed by atoms with Crippen LogP contribution in [0, 0.1) is 5.41 Å². The monoisotopic (exact) mass is 278 g/mol. The number of carbonyl (C=O) groups is 1. The molecule has 2 fully saturated rings. The number of aromatic nitrogens is 2. The molecule has 0 aliphatic carbocycles. The summed E-state index contributed by atoms with van der Waals surface area (Å²) in [6.45, 7) is 4.01. The number of nitrogens with zero attached hydrogens (tertiary/aromatic N) is 3. The van der Waals surface area contributed by atoms with Gasteiger partial charge in [-0.25, -0.2) is 4.98 Å². The van der Waals surface area contributed by atoms with Gasteiger partial charge in [0.2, 0.25) is 5.91 Å². The van der Waals surface area contributed by atoms with E-state index in [-0.39, 0.29) is 5.91 Å². The highest BCUT2D eigenvalue weighted by atomic mass is 16.3. The minimum atomic E-state index is -0.592. The number of aliphatic hydroxyl groups excluding tert-OH is 1. The van der Waals surface area contributed by atoms with Gasteiger partial charge in [0.25, 0.3) is 0 Å². The van der Waals surface area contributed by atoms with Crippen molar-refractivity contribution in [3.8, 4) is 0 Å². The van der Waals surface area contributed by atoms with E-state index in [1.54, 1.807) is 6.20 Å². The molecule has 1 amide bonds. The second-order valence-corrected chi connectivity index (χ2v) is 5.90. The van der Waals surface area contributed by atoms with Gasteiger partial charge in [0.05, 0.1) is 17.8 Å². The second kappa shape index (κ2) is 5.54. The van der Waals surface area contributed by atoms with E-state index in [4.69, 9.17) is 0 Å². The Bertz CT molecular complexity index is 462. The van der Waals surface area contributed by atoms with Gasteiger partial charge in [0.1, 0.15) is 0 Å². The van der Waals surface area contributed by atoms with Crippen LogP contribution in [0.15, 0.2) is 18.7 Å². The fraction of sp³-hybridized carbons (Fsp3) is 0.714. The molecule has 6 nitrogen and oxygen atoms in total. The Morgan fingerprint density at radius 3 is 3.15 bits per heavy atom. The van der Waals surface area contributed by atoms with E-state index in [1.807, 2.05) is 17.1 Å². The van der Waals surface area contributed by atoms with E-state index in [9.17, 15) is 9.90 Å². The van der Waals surface area contributed by atoms with Crippen LogP contribution in [0.25, 0.3) is 0 Å². The SMILES string of the molecule is O=C1NCCC[C@]12CN(CCn1ccnc1)CC[C@H]2O. The van der Waals surface area contributed by atoms with Gasteiger partial charge in [0, 0.05) is 45.1 Å². The minimum Gasteiger partial charge on any atom is -0.392 e. The van der Waals surface area contributed by atoms with Gasteiger partial charge in [-0.1, -0.05) is 0 Å². The van der Waals surface area contributed by atoms with Crippen LogP contribution in [-0.2, 0) is 11.3 Å². The molecule has 2 atom stereocenters. The lowest BCUT2D eigenvalue weighted by molar-refractivity contribution is -0.149. The van der Waals surface area contributed by atoms with Gasteiger partial charge in [-0.2, -0.15) is 0 Å². The molecule has 1 aromatic heterocycles. The molecular weight excluding hydrogens is 256 g/mol. The first kappa shape index (κ1) is 13.6. The fourth-order valence-electron chi connectivity index (χ4n) is 3.40. The zero-order chi connectivity index (χ0) is 14.0. The maximum Gasteiger partial charge on any atom is 0.230 e. The molecule has 0 bridgehead atoms. The summed E-state index contributed by atoms with van der Waals surface area (Å²) < 4.78 is 2.04. The third-order valence-corrected chi connectivity index (χ3v) is 4.63. The second-order valence-electron chi connectivity index (χ2n) is 5.90. The summed E-state index contributed by atoms with van der Waals surface area (Å²) in [6, 6.07) is 0. The number of carbonyl (C=O) groups excluding carboxylic acids is 1. The number of imidazole rings is 1. The first-order valence-corrected chi connectivity index (χ1v) is 7.35. The standard InChI is InChI=1S/C14H22N4O2/c19-12-2-6-17(8-9-18-7-5-15-11-18)10-14(12)3-1-4-16-13(14)20/h5,7,11-12,19H,1-4,6,8-10H2,(H,16,20)/t12-,14-/m1/s1. The smallest absolute Gasteiger partial charge is 0.230 e. The van der Waals surface area contributed by atoms with Crippen LogP contribution < -0.4 is 5.32 Å². The van der Waals surface area contributed by atoms with Gasteiger partial charge in [-0.05, 0) is 19.3 Å². The zero-order valence-corrected chi connectivity index (χ0v) is 11.7. The maximum absolute atomic E-state index is 12.2. The number of hydrogen-bond acceptors (Lipinski definition) is 4. The predicted octanol–water partition coefficient (Wildman–Crippen LogP) is -0.154. The first-order valence-electron chi connectivity index (χ1n) is 7.35. The number of amides is 1. The molecule has 0 aromatic carbocycles. The maximum atomic E-state index is 12.2. The molecule has 2 N–H and O–H groups in total. The number of rotatable bonds is 3. The Labute approximate surface area is 118 Å². The van der Waals surface area contributed by atoms with Crippen molar-refractivity contribution in [2.45, 2.75) is 31.9 Å². The van der Waals surface area contributed by atoms with Crippen LogP contribution in [0.3, 0.4) is 0 Å². The van der Waals surface area contributed by atoms with Crippen molar-refractivity contribution in [2.75, 3.05) is 26.2 Å². The Hall–Kier alpha value is -1.40. The van der Waals surface area contributed by atoms with E-state index < -0.39 is 11.5 Å². The summed E-state index contributed by atoms with van der Waals surface area (Å²) in [4.78, 5) is 18.6. The quantitative estimate of drug-likeness (QED) is 0.806. The van der Waals surface area contributed by atoms with Crippen molar-refractivity contribution >= 4 is 5.91 Å². The molecule has 3 rings (SSSR count). The highest BCUT2D eigenvalue weighted by molar-refractivity contribution is 5.84. The molecule has 20 heavy (non-hydrogen) atoms. The topological polar surface area (TPSA) is 70.4 Å². The van der Waals surface area contributed by atoms with E-state index in [0.29, 0.717) is 13.0 Å². The molecule has 6 heteroatoms. The molecule has 2 aliphatic rings. The average molecular weight is 278 g/mol. The van der Waals surface area contributed by atoms with Crippen molar-refractivity contribution < 1.29 is 9.90 Å². The number of hydrogen-bond donors (Lipinski definition) is 2. The van der Waals surface area contributed by atoms with Crippen molar-refractivity contribution in [3.63, 3.8) is 0 Å². The Balaban J connectivity index is 1.65. The van der Waals surface area contributed by atoms with Gasteiger partial charge in [-0.3, -0.25) is 4.79 Å². The first-order chi connectivity index (χ1) is 9.71. The molecule has 3 heterocycles. The summed E-state index contributed by atoms with van der Waals surface area (Å²) in [7, 11) is 0. The van der Waals surface area contributed by atoms with Gasteiger partial charge in [0.15, 0.2) is 0 Å². The normalized spacial score (nSPS) is 31.4. The zero-order valence-electron chi connectivity index (χ0n) is 11.7. The number of likely N-dealkylation sites (tertiary alicyclic amines) is 1. The molecule has 1 aromatic rings. The van der Waals surface area contributed by atoms with Gasteiger partial charge < -0.3 is 19.9 Å². The van der Waals surface area contributed by atoms with Gasteiger partial charge >= 0.3 is 0 Å². The summed E-state index contributed by atoms with van der Waals surface area (Å²) in [6.07, 6.45) is 7.45. The van der Waals surface area contributed by atoms with Crippen LogP contribution in [0.4, 0.5) is 0 Å². The third-order valence-electron chi connectivity index (χ3n) is 4.63. The summed E-state index contributed by atoms with van der Waals surface area (Å²) in [5, 5.41) is 13.2. The summed E-state index contributed by atoms with van der Waals surface area (Å²) in [5.41, 5.74) is -0.592. The number of piperidine rings is 2. The minimum absolute atomic E-state index is 0.0311. The van der Waals surface area contributed by atoms with E-state index in [2.05, 4.69) is 15.2 Å². The fourth-order valence-corrected chi connectivity index (χ4v) is 3.40. The highest BCUT2D eigenvalue weighted by Crippen LogP contribution is 2.37. The van der Waals surface area contributed by atoms with Crippen molar-refractivity contribution in [1.29, 1.82) is 0 Å². The van der Waals surface area contributed by atoms with E-state index in [1.165, 1.54) is 0 Å². The largest absolute Gasteiger partial charge is 0.392 e. The molecular formula is C14H22N4O2. The third kappa shape index (κ3) is 2.45. The number of nitrogens with one attached hydrogen (secondary N) is 1. The molecule has 2 aliphatic heterocycles. The van der Waals surface area contributed by atoms with Crippen LogP contribution >= 0.6 is 0 Å². The molecule has 110 valence electrons. The van der Waals surface area contributed by atoms with Crippen LogP contribution in [0.5, 0.6) is 0 Å². The van der Waals surface area contributed by atoms with Crippen LogP contribution in [-0.4, -0.2) is 57.7 Å². The molecule has 2 saturated heterocycles. The summed E-state index contributed by atoms with van der Waals surface area (Å²) in [5.74, 6) is 0.0311. The Morgan fingerprint density at radius 1 is 1.50 bits per heavy atom. The molecule has 1 spiro atoms. The molecule has 0 unspecified atom stereocenters. The van der Waals surface area contributed by atoms with Crippen molar-refractivity contribution in [2.24, 2.45) is 5.41 Å². The lowest BCUT2D eigenvalue weighted by Gasteiger charge is -2.47. The number of aliphatic hydroxyl groups is 1. The lowest BCUT2D eigenvalue weighted by atomic mass is 9.71. The van der Waals surface area contributed by atoms with Crippen molar-refractivity contribution in [3.05, 3.63) is 18.7 Å².